The molecule has 0 bridgehead atoms. The summed E-state index contributed by atoms with van der Waals surface area (Å²) in [6.07, 6.45) is 35.4. The van der Waals surface area contributed by atoms with Crippen molar-refractivity contribution >= 4 is 28.9 Å². The Labute approximate surface area is 230 Å². The molecule has 0 aromatic rings. The Morgan fingerprint density at radius 1 is 0.486 bits per heavy atom. The average molecular weight is 551 g/mol. The smallest absolute Gasteiger partial charge is 0.244 e. The minimum atomic E-state index is -2.61. The molecular weight excluding hydrogens is 487 g/mol. The summed E-state index contributed by atoms with van der Waals surface area (Å²) in [7, 11) is 0. The highest BCUT2D eigenvalue weighted by Crippen LogP contribution is 2.56. The summed E-state index contributed by atoms with van der Waals surface area (Å²) in [5, 5.41) is 0. The number of hydrogen-bond acceptors (Lipinski definition) is 3. The van der Waals surface area contributed by atoms with Gasteiger partial charge in [-0.1, -0.05) is 179 Å². The van der Waals surface area contributed by atoms with Crippen molar-refractivity contribution in [2.75, 3.05) is 12.4 Å². The molecule has 35 heavy (non-hydrogen) atoms. The monoisotopic (exact) mass is 550 g/mol. The molecule has 0 spiro atoms. The topological polar surface area (TPSA) is 29.5 Å². The Morgan fingerprint density at radius 2 is 0.771 bits per heavy atom. The van der Waals surface area contributed by atoms with Gasteiger partial charge in [0, 0.05) is 5.75 Å². The summed E-state index contributed by atoms with van der Waals surface area (Å²) >= 11 is 6.84. The maximum absolute atomic E-state index is 10.4. The molecule has 0 saturated carbocycles. The van der Waals surface area contributed by atoms with Crippen LogP contribution in [0.4, 0.5) is 0 Å². The van der Waals surface area contributed by atoms with Crippen molar-refractivity contribution in [2.24, 2.45) is 0 Å². The fourth-order valence-corrected chi connectivity index (χ4v) is 8.06. The minimum Gasteiger partial charge on any atom is -0.337 e. The Hall–Kier alpha value is 0.920. The van der Waals surface area contributed by atoms with Crippen LogP contribution in [0.5, 0.6) is 0 Å². The maximum atomic E-state index is 10.4. The molecule has 1 unspecified atom stereocenters. The van der Waals surface area contributed by atoms with E-state index in [1.165, 1.54) is 165 Å². The van der Waals surface area contributed by atoms with Gasteiger partial charge in [-0.25, -0.2) is 0 Å². The van der Waals surface area contributed by atoms with Gasteiger partial charge in [-0.05, 0) is 24.6 Å². The molecule has 5 heteroatoms. The first-order valence-electron chi connectivity index (χ1n) is 15.7. The van der Waals surface area contributed by atoms with Gasteiger partial charge in [-0.15, -0.1) is 0 Å². The molecular formula is C30H63O2PS2. The molecule has 1 atom stereocenters. The van der Waals surface area contributed by atoms with Gasteiger partial charge in [0.1, 0.15) is 0 Å². The summed E-state index contributed by atoms with van der Waals surface area (Å²) < 4.78 is 5.69. The largest absolute Gasteiger partial charge is 0.337 e. The van der Waals surface area contributed by atoms with Crippen molar-refractivity contribution in [3.8, 4) is 0 Å². The SMILES string of the molecule is CCCCCCCCCCCCCCCOP(O)(=S)SCCCCCCCCCCCCCCC. The fraction of sp³-hybridized carbons (Fsp3) is 1.00. The molecule has 0 aromatic carbocycles. The van der Waals surface area contributed by atoms with E-state index in [0.717, 1.165) is 18.6 Å². The standard InChI is InChI=1S/C30H63O2PS2/c1-3-5-7-9-11-13-15-17-19-21-23-25-27-29-32-33(31,34)35-30-28-26-24-22-20-18-16-14-12-10-8-6-4-2/h3-30H2,1-2H3,(H,31,34). The summed E-state index contributed by atoms with van der Waals surface area (Å²) in [6, 6.07) is 0. The predicted octanol–water partition coefficient (Wildman–Crippen LogP) is 12.1. The third-order valence-electron chi connectivity index (χ3n) is 7.00. The average Bonchev–Trinajstić information content (AvgIpc) is 2.84. The number of rotatable bonds is 30. The van der Waals surface area contributed by atoms with Crippen LogP contribution in [0.15, 0.2) is 0 Å². The van der Waals surface area contributed by atoms with Crippen molar-refractivity contribution in [1.29, 1.82) is 0 Å². The molecule has 0 aliphatic carbocycles. The first kappa shape index (κ1) is 35.9. The Balaban J connectivity index is 3.28. The predicted molar refractivity (Wildman–Crippen MR) is 166 cm³/mol. The van der Waals surface area contributed by atoms with E-state index in [4.69, 9.17) is 16.3 Å². The van der Waals surface area contributed by atoms with Crippen LogP contribution in [0.25, 0.3) is 0 Å². The molecule has 0 aliphatic heterocycles. The molecule has 2 nitrogen and oxygen atoms in total. The lowest BCUT2D eigenvalue weighted by Crippen LogP contribution is -1.92. The highest BCUT2D eigenvalue weighted by atomic mass is 32.9. The molecule has 0 saturated heterocycles. The first-order chi connectivity index (χ1) is 17.1. The van der Waals surface area contributed by atoms with Crippen LogP contribution in [-0.4, -0.2) is 17.3 Å². The van der Waals surface area contributed by atoms with Crippen molar-refractivity contribution in [3.05, 3.63) is 0 Å². The molecule has 0 radical (unpaired) electrons. The normalized spacial score (nSPS) is 13.3. The molecule has 0 aromatic heterocycles. The first-order valence-corrected chi connectivity index (χ1v) is 20.0. The van der Waals surface area contributed by atoms with E-state index < -0.39 is 5.69 Å². The summed E-state index contributed by atoms with van der Waals surface area (Å²) in [5.74, 6) is 0.949. The number of unbranched alkanes of at least 4 members (excludes halogenated alkanes) is 24. The fourth-order valence-electron chi connectivity index (χ4n) is 4.64. The minimum absolute atomic E-state index is 0.636. The van der Waals surface area contributed by atoms with Crippen LogP contribution < -0.4 is 0 Å². The highest BCUT2D eigenvalue weighted by molar-refractivity contribution is 8.67. The van der Waals surface area contributed by atoms with E-state index in [9.17, 15) is 4.89 Å². The van der Waals surface area contributed by atoms with Crippen LogP contribution >= 0.6 is 17.1 Å². The maximum Gasteiger partial charge on any atom is 0.244 e. The van der Waals surface area contributed by atoms with Crippen LogP contribution in [0.1, 0.15) is 181 Å². The summed E-state index contributed by atoms with van der Waals surface area (Å²) in [5.41, 5.74) is -2.61. The van der Waals surface area contributed by atoms with Gasteiger partial charge >= 0.3 is 0 Å². The van der Waals surface area contributed by atoms with E-state index in [2.05, 4.69) is 13.8 Å². The van der Waals surface area contributed by atoms with Gasteiger partial charge < -0.3 is 9.42 Å². The van der Waals surface area contributed by atoms with E-state index in [0.29, 0.717) is 6.61 Å². The summed E-state index contributed by atoms with van der Waals surface area (Å²) in [4.78, 5) is 10.4. The van der Waals surface area contributed by atoms with Crippen molar-refractivity contribution in [2.45, 2.75) is 181 Å². The Bertz CT molecular complexity index is 412. The molecule has 0 rings (SSSR count). The zero-order valence-corrected chi connectivity index (χ0v) is 26.4. The quantitative estimate of drug-likeness (QED) is 0.0711. The molecule has 212 valence electrons. The Kier molecular flexibility index (Phi) is 30.3. The summed E-state index contributed by atoms with van der Waals surface area (Å²) in [6.45, 7) is 5.20. The zero-order valence-electron chi connectivity index (χ0n) is 23.9. The molecule has 0 fully saturated rings. The van der Waals surface area contributed by atoms with Gasteiger partial charge in [0.2, 0.25) is 5.69 Å². The van der Waals surface area contributed by atoms with E-state index >= 15 is 0 Å². The lowest BCUT2D eigenvalue weighted by atomic mass is 10.0. The zero-order chi connectivity index (χ0) is 25.7. The Morgan fingerprint density at radius 3 is 1.11 bits per heavy atom. The lowest BCUT2D eigenvalue weighted by molar-refractivity contribution is 0.307. The third-order valence-corrected chi connectivity index (χ3v) is 11.4. The van der Waals surface area contributed by atoms with E-state index in [1.54, 1.807) is 0 Å². The van der Waals surface area contributed by atoms with Crippen molar-refractivity contribution in [1.82, 2.24) is 0 Å². The van der Waals surface area contributed by atoms with Crippen molar-refractivity contribution < 1.29 is 9.42 Å². The molecule has 1 N–H and O–H groups in total. The van der Waals surface area contributed by atoms with Gasteiger partial charge in [-0.2, -0.15) is 0 Å². The van der Waals surface area contributed by atoms with Crippen LogP contribution in [0, 0.1) is 0 Å². The van der Waals surface area contributed by atoms with Crippen LogP contribution in [0.2, 0.25) is 0 Å². The molecule has 0 amide bonds. The van der Waals surface area contributed by atoms with Gasteiger partial charge in [-0.3, -0.25) is 0 Å². The number of hydrogen-bond donors (Lipinski definition) is 1. The second-order valence-corrected chi connectivity index (χ2v) is 16.9. The second kappa shape index (κ2) is 29.5. The third kappa shape index (κ3) is 31.0. The molecule has 0 aliphatic rings. The van der Waals surface area contributed by atoms with Crippen molar-refractivity contribution in [3.63, 3.8) is 0 Å². The van der Waals surface area contributed by atoms with E-state index in [-0.39, 0.29) is 0 Å². The van der Waals surface area contributed by atoms with E-state index in [1.807, 2.05) is 0 Å². The van der Waals surface area contributed by atoms with Gasteiger partial charge in [0.15, 0.2) is 0 Å². The van der Waals surface area contributed by atoms with Gasteiger partial charge in [0.25, 0.3) is 0 Å². The molecule has 0 heterocycles. The van der Waals surface area contributed by atoms with Crippen LogP contribution in [-0.2, 0) is 16.3 Å². The highest BCUT2D eigenvalue weighted by Gasteiger charge is 2.13. The lowest BCUT2D eigenvalue weighted by Gasteiger charge is -2.14. The second-order valence-electron chi connectivity index (χ2n) is 10.6. The van der Waals surface area contributed by atoms with Crippen LogP contribution in [0.3, 0.4) is 0 Å². The van der Waals surface area contributed by atoms with Gasteiger partial charge in [0.05, 0.1) is 6.61 Å².